The van der Waals surface area contributed by atoms with E-state index in [2.05, 4.69) is 0 Å². The summed E-state index contributed by atoms with van der Waals surface area (Å²) < 4.78 is 39.8. The van der Waals surface area contributed by atoms with Crippen molar-refractivity contribution in [3.8, 4) is 34.3 Å². The molecular formula is C33H40O19. The summed E-state index contributed by atoms with van der Waals surface area (Å²) in [5.41, 5.74) is -1.06. The lowest BCUT2D eigenvalue weighted by Crippen LogP contribution is -2.66. The van der Waals surface area contributed by atoms with Crippen LogP contribution in [-0.2, 0) is 23.7 Å². The fourth-order valence-corrected chi connectivity index (χ4v) is 6.32. The maximum atomic E-state index is 13.7. The van der Waals surface area contributed by atoms with Crippen molar-refractivity contribution >= 4 is 11.0 Å². The van der Waals surface area contributed by atoms with Crippen LogP contribution in [0.3, 0.4) is 0 Å². The number of benzene rings is 2. The Balaban J connectivity index is 1.24. The van der Waals surface area contributed by atoms with E-state index in [0.29, 0.717) is 0 Å². The van der Waals surface area contributed by atoms with Gasteiger partial charge in [-0.25, -0.2) is 0 Å². The van der Waals surface area contributed by atoms with Gasteiger partial charge >= 0.3 is 0 Å². The molecular weight excluding hydrogens is 700 g/mol. The average Bonchev–Trinajstić information content (AvgIpc) is 3.10. The van der Waals surface area contributed by atoms with Gasteiger partial charge in [-0.05, 0) is 38.1 Å². The van der Waals surface area contributed by atoms with E-state index in [9.17, 15) is 61.0 Å². The van der Waals surface area contributed by atoms with Crippen LogP contribution in [0.25, 0.3) is 22.3 Å². The quantitative estimate of drug-likeness (QED) is 0.113. The van der Waals surface area contributed by atoms with Crippen molar-refractivity contribution in [3.63, 3.8) is 0 Å². The molecule has 1 aromatic heterocycles. The fourth-order valence-electron chi connectivity index (χ4n) is 6.32. The Morgan fingerprint density at radius 3 is 1.90 bits per heavy atom. The average molecular weight is 741 g/mol. The van der Waals surface area contributed by atoms with E-state index in [1.807, 2.05) is 0 Å². The van der Waals surface area contributed by atoms with E-state index in [0.717, 1.165) is 12.1 Å². The molecule has 0 aliphatic carbocycles. The van der Waals surface area contributed by atoms with E-state index in [4.69, 9.17) is 32.8 Å². The molecule has 3 aromatic rings. The number of hydrogen-bond acceptors (Lipinski definition) is 19. The van der Waals surface area contributed by atoms with Crippen LogP contribution in [0.2, 0.25) is 0 Å². The van der Waals surface area contributed by atoms with E-state index in [1.54, 1.807) is 0 Å². The molecule has 19 nitrogen and oxygen atoms in total. The van der Waals surface area contributed by atoms with Crippen molar-refractivity contribution in [2.75, 3.05) is 6.61 Å². The largest absolute Gasteiger partial charge is 0.508 e. The third-order valence-corrected chi connectivity index (χ3v) is 9.27. The van der Waals surface area contributed by atoms with Crippen molar-refractivity contribution < 1.29 is 89.0 Å². The predicted octanol–water partition coefficient (Wildman–Crippen LogP) is -2.54. The van der Waals surface area contributed by atoms with E-state index in [1.165, 1.54) is 38.1 Å². The first-order chi connectivity index (χ1) is 24.6. The lowest BCUT2D eigenvalue weighted by Gasteiger charge is -2.47. The van der Waals surface area contributed by atoms with Crippen LogP contribution < -0.4 is 10.2 Å². The Hall–Kier alpha value is -3.67. The van der Waals surface area contributed by atoms with Crippen LogP contribution in [0.15, 0.2) is 45.6 Å². The number of hydrogen-bond donors (Lipinski definition) is 11. The first-order valence-corrected chi connectivity index (χ1v) is 16.2. The molecule has 0 bridgehead atoms. The first kappa shape index (κ1) is 38.1. The predicted molar refractivity (Wildman–Crippen MR) is 170 cm³/mol. The monoisotopic (exact) mass is 740 g/mol. The molecule has 286 valence electrons. The minimum atomic E-state index is -2.03. The van der Waals surface area contributed by atoms with Gasteiger partial charge in [-0.1, -0.05) is 0 Å². The molecule has 6 rings (SSSR count). The summed E-state index contributed by atoms with van der Waals surface area (Å²) in [6.07, 6.45) is -24.5. The Morgan fingerprint density at radius 2 is 1.25 bits per heavy atom. The van der Waals surface area contributed by atoms with Crippen LogP contribution in [0.1, 0.15) is 13.8 Å². The second-order valence-electron chi connectivity index (χ2n) is 12.9. The van der Waals surface area contributed by atoms with Crippen LogP contribution >= 0.6 is 0 Å². The second kappa shape index (κ2) is 15.0. The maximum Gasteiger partial charge on any atom is 0.239 e. The standard InChI is InChI=1S/C33H40O19/c1-10-19(38)22(41)24(43)31(46-10)51-29-20(39)11(2)47-33(26(29)45)50-28-17(9-34)49-32(25(44)23(28)42)52-30-21(40)18-15(37)7-14(36)8-16(18)48-27(30)12-3-5-13(35)6-4-12/h3-8,10-11,17,19-20,22-26,28-29,31-39,41-45H,9H2,1-2H3. The molecule has 52 heavy (non-hydrogen) atoms. The minimum absolute atomic E-state index is 0.127. The summed E-state index contributed by atoms with van der Waals surface area (Å²) in [7, 11) is 0. The Kier molecular flexibility index (Phi) is 11.0. The van der Waals surface area contributed by atoms with Gasteiger partial charge in [-0.15, -0.1) is 0 Å². The van der Waals surface area contributed by atoms with Gasteiger partial charge in [-0.2, -0.15) is 0 Å². The number of rotatable bonds is 8. The zero-order valence-electron chi connectivity index (χ0n) is 27.5. The highest BCUT2D eigenvalue weighted by atomic mass is 16.8. The van der Waals surface area contributed by atoms with Gasteiger partial charge in [0.25, 0.3) is 0 Å². The smallest absolute Gasteiger partial charge is 0.239 e. The van der Waals surface area contributed by atoms with Gasteiger partial charge in [0.1, 0.15) is 89.3 Å². The molecule has 4 heterocycles. The van der Waals surface area contributed by atoms with Crippen molar-refractivity contribution in [2.45, 2.75) is 106 Å². The molecule has 19 heteroatoms. The molecule has 0 spiro atoms. The van der Waals surface area contributed by atoms with Gasteiger partial charge in [0, 0.05) is 17.7 Å². The highest BCUT2D eigenvalue weighted by Crippen LogP contribution is 2.38. The third-order valence-electron chi connectivity index (χ3n) is 9.27. The van der Waals surface area contributed by atoms with Crippen molar-refractivity contribution in [2.24, 2.45) is 0 Å². The number of aliphatic hydroxyl groups is 8. The molecule has 11 N–H and O–H groups in total. The van der Waals surface area contributed by atoms with Crippen LogP contribution in [0.4, 0.5) is 0 Å². The lowest BCUT2D eigenvalue weighted by atomic mass is 9.96. The van der Waals surface area contributed by atoms with Crippen LogP contribution in [0.5, 0.6) is 23.0 Å². The molecule has 2 aromatic carbocycles. The summed E-state index contributed by atoms with van der Waals surface area (Å²) in [6.45, 7) is 1.91. The molecule has 15 unspecified atom stereocenters. The number of phenols is 3. The van der Waals surface area contributed by atoms with Crippen molar-refractivity contribution in [3.05, 3.63) is 46.6 Å². The molecule has 15 atom stereocenters. The first-order valence-electron chi connectivity index (χ1n) is 16.2. The molecule has 3 aliphatic rings. The van der Waals surface area contributed by atoms with Crippen LogP contribution in [0, 0.1) is 0 Å². The van der Waals surface area contributed by atoms with Gasteiger partial charge in [0.2, 0.25) is 17.5 Å². The lowest BCUT2D eigenvalue weighted by molar-refractivity contribution is -0.373. The summed E-state index contributed by atoms with van der Waals surface area (Å²) in [6, 6.07) is 7.23. The molecule has 3 aliphatic heterocycles. The van der Waals surface area contributed by atoms with Crippen molar-refractivity contribution in [1.82, 2.24) is 0 Å². The normalized spacial score (nSPS) is 38.3. The number of phenolic OH excluding ortho intramolecular Hbond substituents is 3. The van der Waals surface area contributed by atoms with Gasteiger partial charge in [-0.3, -0.25) is 4.79 Å². The zero-order valence-corrected chi connectivity index (χ0v) is 27.5. The molecule has 3 fully saturated rings. The Morgan fingerprint density at radius 1 is 0.654 bits per heavy atom. The highest BCUT2D eigenvalue weighted by molar-refractivity contribution is 5.88. The number of aliphatic hydroxyl groups excluding tert-OH is 8. The van der Waals surface area contributed by atoms with E-state index in [-0.39, 0.29) is 22.7 Å². The summed E-state index contributed by atoms with van der Waals surface area (Å²) >= 11 is 0. The Labute approximate surface area is 293 Å². The molecule has 0 saturated carbocycles. The highest BCUT2D eigenvalue weighted by Gasteiger charge is 2.53. The van der Waals surface area contributed by atoms with E-state index < -0.39 is 127 Å². The van der Waals surface area contributed by atoms with Crippen molar-refractivity contribution in [1.29, 1.82) is 0 Å². The number of ether oxygens (including phenoxy) is 6. The summed E-state index contributed by atoms with van der Waals surface area (Å²) in [5, 5.41) is 115. The molecule has 0 radical (unpaired) electrons. The van der Waals surface area contributed by atoms with Gasteiger partial charge < -0.3 is 89.0 Å². The Bertz CT molecular complexity index is 1760. The SMILES string of the molecule is CC1OC(OC2C(O)C(C)OC(OC3C(CO)OC(Oc4c(-c5ccc(O)cc5)oc5cc(O)cc(O)c5c4=O)C(O)C3O)C2O)C(O)C(O)C1O. The zero-order chi connectivity index (χ0) is 37.8. The van der Waals surface area contributed by atoms with Gasteiger partial charge in [0.15, 0.2) is 18.3 Å². The summed E-state index contributed by atoms with van der Waals surface area (Å²) in [5.74, 6) is -2.13. The molecule has 0 amide bonds. The van der Waals surface area contributed by atoms with Gasteiger partial charge in [0.05, 0.1) is 18.8 Å². The fraction of sp³-hybridized carbons (Fsp3) is 0.545. The number of aromatic hydroxyl groups is 3. The molecule has 3 saturated heterocycles. The van der Waals surface area contributed by atoms with E-state index >= 15 is 0 Å². The minimum Gasteiger partial charge on any atom is -0.508 e. The third kappa shape index (κ3) is 7.03. The summed E-state index contributed by atoms with van der Waals surface area (Å²) in [4.78, 5) is 13.7. The van der Waals surface area contributed by atoms with Crippen LogP contribution in [-0.4, -0.2) is 155 Å². The second-order valence-corrected chi connectivity index (χ2v) is 12.9. The number of fused-ring (bicyclic) bond motifs is 1. The topological polar surface area (TPSA) is 308 Å². The maximum absolute atomic E-state index is 13.7.